The predicted molar refractivity (Wildman–Crippen MR) is 62.1 cm³/mol. The molecule has 14 heavy (non-hydrogen) atoms. The topological polar surface area (TPSA) is 0 Å². The lowest BCUT2D eigenvalue weighted by atomic mass is 10.1. The molecule has 0 atom stereocenters. The first kappa shape index (κ1) is 9.01. The van der Waals surface area contributed by atoms with Crippen molar-refractivity contribution < 1.29 is 0 Å². The van der Waals surface area contributed by atoms with Gasteiger partial charge < -0.3 is 0 Å². The fourth-order valence-electron chi connectivity index (χ4n) is 1.89. The summed E-state index contributed by atoms with van der Waals surface area (Å²) in [4.78, 5) is 0. The van der Waals surface area contributed by atoms with E-state index in [2.05, 4.69) is 43.5 Å². The average Bonchev–Trinajstić information content (AvgIpc) is 2.44. The van der Waals surface area contributed by atoms with E-state index in [4.69, 9.17) is 0 Å². The van der Waals surface area contributed by atoms with Crippen LogP contribution in [0.25, 0.3) is 5.57 Å². The van der Waals surface area contributed by atoms with E-state index in [1.807, 2.05) is 6.92 Å². The Labute approximate surface area is 85.3 Å². The van der Waals surface area contributed by atoms with Gasteiger partial charge in [0.1, 0.15) is 0 Å². The van der Waals surface area contributed by atoms with Gasteiger partial charge in [0.05, 0.1) is 0 Å². The molecular weight excluding hydrogens is 168 g/mol. The van der Waals surface area contributed by atoms with Crippen LogP contribution in [0.1, 0.15) is 18.1 Å². The molecule has 0 unspecified atom stereocenters. The van der Waals surface area contributed by atoms with Crippen molar-refractivity contribution in [2.24, 2.45) is 0 Å². The van der Waals surface area contributed by atoms with Gasteiger partial charge in [-0.3, -0.25) is 0 Å². The largest absolute Gasteiger partial charge is 0.0961 e. The maximum absolute atomic E-state index is 4.12. The molecule has 0 heterocycles. The summed E-state index contributed by atoms with van der Waals surface area (Å²) in [6.45, 7) is 10.0. The number of benzene rings is 1. The molecular formula is C14H14. The molecule has 1 aliphatic rings. The van der Waals surface area contributed by atoms with E-state index >= 15 is 0 Å². The Bertz CT molecular complexity index is 433. The Morgan fingerprint density at radius 1 is 1.36 bits per heavy atom. The molecule has 70 valence electrons. The third-order valence-electron chi connectivity index (χ3n) is 2.53. The van der Waals surface area contributed by atoms with E-state index < -0.39 is 0 Å². The summed E-state index contributed by atoms with van der Waals surface area (Å²) in [6, 6.07) is 8.44. The van der Waals surface area contributed by atoms with Crippen LogP contribution in [0.3, 0.4) is 0 Å². The van der Waals surface area contributed by atoms with Crippen molar-refractivity contribution in [1.82, 2.24) is 0 Å². The molecule has 0 saturated heterocycles. The van der Waals surface area contributed by atoms with Crippen molar-refractivity contribution in [2.75, 3.05) is 0 Å². The third-order valence-corrected chi connectivity index (χ3v) is 2.53. The lowest BCUT2D eigenvalue weighted by Crippen LogP contribution is -1.79. The van der Waals surface area contributed by atoms with Crippen LogP contribution in [0.2, 0.25) is 0 Å². The fraction of sp³-hybridized carbons (Fsp3) is 0.143. The molecule has 1 aromatic rings. The Hall–Kier alpha value is -1.56. The highest BCUT2D eigenvalue weighted by Crippen LogP contribution is 2.35. The number of hydrogen-bond acceptors (Lipinski definition) is 0. The van der Waals surface area contributed by atoms with Gasteiger partial charge in [0.15, 0.2) is 0 Å². The van der Waals surface area contributed by atoms with Crippen molar-refractivity contribution in [3.05, 3.63) is 65.8 Å². The standard InChI is InChI=1S/C14H14/c1-10(2)8-13-9-12-6-4-5-7-14(12)11(13)3/h4-8H,1,3,9H2,2H3/b13-8-. The molecule has 0 bridgehead atoms. The van der Waals surface area contributed by atoms with Gasteiger partial charge in [-0.15, -0.1) is 0 Å². The minimum atomic E-state index is 1.00. The molecule has 0 amide bonds. The predicted octanol–water partition coefficient (Wildman–Crippen LogP) is 3.76. The Morgan fingerprint density at radius 3 is 2.71 bits per heavy atom. The molecule has 0 fully saturated rings. The second-order valence-corrected chi connectivity index (χ2v) is 3.83. The summed E-state index contributed by atoms with van der Waals surface area (Å²) in [7, 11) is 0. The Balaban J connectivity index is 2.44. The van der Waals surface area contributed by atoms with Crippen molar-refractivity contribution in [2.45, 2.75) is 13.3 Å². The summed E-state index contributed by atoms with van der Waals surface area (Å²) in [5, 5.41) is 0. The van der Waals surface area contributed by atoms with Gasteiger partial charge in [-0.1, -0.05) is 49.1 Å². The molecule has 1 aliphatic carbocycles. The summed E-state index contributed by atoms with van der Waals surface area (Å²) >= 11 is 0. The lowest BCUT2D eigenvalue weighted by molar-refractivity contribution is 1.26. The zero-order valence-corrected chi connectivity index (χ0v) is 8.51. The zero-order valence-electron chi connectivity index (χ0n) is 8.51. The van der Waals surface area contributed by atoms with Crippen LogP contribution in [0.4, 0.5) is 0 Å². The van der Waals surface area contributed by atoms with Crippen LogP contribution in [0.15, 0.2) is 54.6 Å². The van der Waals surface area contributed by atoms with Crippen LogP contribution in [0, 0.1) is 0 Å². The highest BCUT2D eigenvalue weighted by Gasteiger charge is 2.17. The van der Waals surface area contributed by atoms with Crippen molar-refractivity contribution in [1.29, 1.82) is 0 Å². The Morgan fingerprint density at radius 2 is 2.07 bits per heavy atom. The molecule has 0 N–H and O–H groups in total. The Kier molecular flexibility index (Phi) is 2.12. The van der Waals surface area contributed by atoms with Gasteiger partial charge in [0.2, 0.25) is 0 Å². The quantitative estimate of drug-likeness (QED) is 0.620. The number of rotatable bonds is 1. The van der Waals surface area contributed by atoms with Crippen molar-refractivity contribution >= 4 is 5.57 Å². The van der Waals surface area contributed by atoms with E-state index in [0.29, 0.717) is 0 Å². The van der Waals surface area contributed by atoms with Crippen molar-refractivity contribution in [3.8, 4) is 0 Å². The first-order valence-electron chi connectivity index (χ1n) is 4.82. The SMILES string of the molecule is C=C(C)/C=C1/Cc2ccccc2C1=C. The summed E-state index contributed by atoms with van der Waals surface area (Å²) in [5.74, 6) is 0. The van der Waals surface area contributed by atoms with E-state index in [-0.39, 0.29) is 0 Å². The highest BCUT2D eigenvalue weighted by molar-refractivity contribution is 5.84. The van der Waals surface area contributed by atoms with Gasteiger partial charge in [-0.2, -0.15) is 0 Å². The van der Waals surface area contributed by atoms with Gasteiger partial charge in [0, 0.05) is 0 Å². The van der Waals surface area contributed by atoms with E-state index in [0.717, 1.165) is 17.6 Å². The second kappa shape index (κ2) is 3.30. The number of fused-ring (bicyclic) bond motifs is 1. The lowest BCUT2D eigenvalue weighted by Gasteiger charge is -1.98. The van der Waals surface area contributed by atoms with E-state index in [1.54, 1.807) is 0 Å². The maximum Gasteiger partial charge on any atom is -0.00136 e. The van der Waals surface area contributed by atoms with Gasteiger partial charge in [0.25, 0.3) is 0 Å². The minimum Gasteiger partial charge on any atom is -0.0961 e. The smallest absolute Gasteiger partial charge is 0.00136 e. The molecule has 2 rings (SSSR count). The van der Waals surface area contributed by atoms with Crippen LogP contribution >= 0.6 is 0 Å². The normalized spacial score (nSPS) is 17.2. The first-order valence-corrected chi connectivity index (χ1v) is 4.82. The molecule has 0 saturated carbocycles. The van der Waals surface area contributed by atoms with Gasteiger partial charge in [-0.25, -0.2) is 0 Å². The molecule has 0 aromatic heterocycles. The van der Waals surface area contributed by atoms with Crippen LogP contribution in [-0.4, -0.2) is 0 Å². The van der Waals surface area contributed by atoms with Crippen LogP contribution in [0.5, 0.6) is 0 Å². The summed E-state index contributed by atoms with van der Waals surface area (Å²) in [5.41, 5.74) is 6.22. The molecule has 0 heteroatoms. The van der Waals surface area contributed by atoms with Gasteiger partial charge in [-0.05, 0) is 35.6 Å². The second-order valence-electron chi connectivity index (χ2n) is 3.83. The first-order chi connectivity index (χ1) is 6.68. The third kappa shape index (κ3) is 1.44. The van der Waals surface area contributed by atoms with Crippen LogP contribution in [-0.2, 0) is 6.42 Å². The zero-order chi connectivity index (χ0) is 10.1. The van der Waals surface area contributed by atoms with Gasteiger partial charge >= 0.3 is 0 Å². The fourth-order valence-corrected chi connectivity index (χ4v) is 1.89. The molecule has 0 spiro atoms. The summed E-state index contributed by atoms with van der Waals surface area (Å²) in [6.07, 6.45) is 3.13. The molecule has 0 aliphatic heterocycles. The maximum atomic E-state index is 4.12. The average molecular weight is 182 g/mol. The minimum absolute atomic E-state index is 1.00. The number of hydrogen-bond donors (Lipinski definition) is 0. The van der Waals surface area contributed by atoms with E-state index in [1.165, 1.54) is 16.7 Å². The van der Waals surface area contributed by atoms with Crippen molar-refractivity contribution in [3.63, 3.8) is 0 Å². The monoisotopic (exact) mass is 182 g/mol. The molecule has 1 aromatic carbocycles. The van der Waals surface area contributed by atoms with Crippen LogP contribution < -0.4 is 0 Å². The molecule has 0 radical (unpaired) electrons. The highest BCUT2D eigenvalue weighted by atomic mass is 14.2. The number of allylic oxidation sites excluding steroid dienone is 4. The van der Waals surface area contributed by atoms with E-state index in [9.17, 15) is 0 Å². The summed E-state index contributed by atoms with van der Waals surface area (Å²) < 4.78 is 0. The molecule has 0 nitrogen and oxygen atoms in total.